The van der Waals surface area contributed by atoms with Gasteiger partial charge in [-0.15, -0.1) is 0 Å². The van der Waals surface area contributed by atoms with Crippen LogP contribution in [0.3, 0.4) is 0 Å². The zero-order chi connectivity index (χ0) is 23.1. The number of fused-ring (bicyclic) bond motifs is 1. The van der Waals surface area contributed by atoms with Crippen LogP contribution in [0, 0.1) is 0 Å². The van der Waals surface area contributed by atoms with E-state index in [-0.39, 0.29) is 5.54 Å². The highest BCUT2D eigenvalue weighted by atomic mass is 16.3. The molecule has 2 aromatic rings. The van der Waals surface area contributed by atoms with Gasteiger partial charge in [-0.3, -0.25) is 0 Å². The number of benzene rings is 1. The van der Waals surface area contributed by atoms with E-state index in [1.54, 1.807) is 0 Å². The summed E-state index contributed by atoms with van der Waals surface area (Å²) in [7, 11) is 0. The summed E-state index contributed by atoms with van der Waals surface area (Å²) in [5.74, 6) is 0.559. The number of anilines is 2. The first-order chi connectivity index (χ1) is 14.5. The Balaban J connectivity index is 2.25. The molecule has 0 saturated carbocycles. The van der Waals surface area contributed by atoms with Crippen molar-refractivity contribution in [1.29, 1.82) is 0 Å². The molecular formula is C26H44N4O. The van der Waals surface area contributed by atoms with Gasteiger partial charge < -0.3 is 21.5 Å². The molecule has 0 fully saturated rings. The van der Waals surface area contributed by atoms with E-state index in [0.29, 0.717) is 5.82 Å². The molecule has 1 aromatic heterocycles. The summed E-state index contributed by atoms with van der Waals surface area (Å²) in [5, 5.41) is 18.4. The third-order valence-corrected chi connectivity index (χ3v) is 5.51. The van der Waals surface area contributed by atoms with Gasteiger partial charge in [-0.1, -0.05) is 19.4 Å². The molecule has 1 heterocycles. The van der Waals surface area contributed by atoms with E-state index in [2.05, 4.69) is 56.5 Å². The van der Waals surface area contributed by atoms with Crippen LogP contribution in [0.5, 0.6) is 0 Å². The summed E-state index contributed by atoms with van der Waals surface area (Å²) in [5.41, 5.74) is 10.2. The number of unbranched alkanes of at least 4 members (excludes halogenated alkanes) is 2. The molecule has 2 rings (SSSR count). The minimum atomic E-state index is -0.673. The molecule has 1 aromatic carbocycles. The van der Waals surface area contributed by atoms with Gasteiger partial charge in [-0.25, -0.2) is 4.98 Å². The number of hydrogen-bond donors (Lipinski definition) is 4. The predicted octanol–water partition coefficient (Wildman–Crippen LogP) is 5.44. The lowest BCUT2D eigenvalue weighted by Gasteiger charge is -2.20. The van der Waals surface area contributed by atoms with Gasteiger partial charge in [0.25, 0.3) is 0 Å². The topological polar surface area (TPSA) is 83.2 Å². The number of aryl methyl sites for hydroxylation is 2. The monoisotopic (exact) mass is 428 g/mol. The second kappa shape index (κ2) is 11.1. The Morgan fingerprint density at radius 2 is 1.71 bits per heavy atom. The number of pyridine rings is 1. The molecule has 31 heavy (non-hydrogen) atoms. The maximum atomic E-state index is 10.2. The molecule has 0 aliphatic carbocycles. The standard InChI is InChI=1S/C26H44N4O/c1-7-8-14-28-23-18-21-20(11-9-10-15-29-25(2,3)4)16-19(12-13-26(5,6)31)17-22(21)30-24(23)27/h16-18,28-29,31H,7-15H2,1-6H3,(H2,27,30). The van der Waals surface area contributed by atoms with Gasteiger partial charge in [0.1, 0.15) is 5.82 Å². The third-order valence-electron chi connectivity index (χ3n) is 5.51. The highest BCUT2D eigenvalue weighted by Crippen LogP contribution is 2.29. The minimum absolute atomic E-state index is 0.157. The first kappa shape index (κ1) is 25.4. The summed E-state index contributed by atoms with van der Waals surface area (Å²) in [6, 6.07) is 6.62. The molecule has 5 nitrogen and oxygen atoms in total. The molecule has 0 bridgehead atoms. The highest BCUT2D eigenvalue weighted by molar-refractivity contribution is 5.89. The van der Waals surface area contributed by atoms with Crippen molar-refractivity contribution in [3.63, 3.8) is 0 Å². The number of aromatic nitrogens is 1. The molecule has 5 heteroatoms. The molecule has 0 radical (unpaired) electrons. The smallest absolute Gasteiger partial charge is 0.147 e. The van der Waals surface area contributed by atoms with Crippen molar-refractivity contribution in [2.75, 3.05) is 24.1 Å². The summed E-state index contributed by atoms with van der Waals surface area (Å²) >= 11 is 0. The molecule has 0 aliphatic rings. The van der Waals surface area contributed by atoms with E-state index in [9.17, 15) is 5.11 Å². The van der Waals surface area contributed by atoms with Crippen LogP contribution < -0.4 is 16.4 Å². The van der Waals surface area contributed by atoms with Crippen molar-refractivity contribution in [3.05, 3.63) is 29.3 Å². The largest absolute Gasteiger partial charge is 0.390 e. The fraction of sp³-hybridized carbons (Fsp3) is 0.654. The van der Waals surface area contributed by atoms with Gasteiger partial charge in [0.05, 0.1) is 16.8 Å². The second-order valence-corrected chi connectivity index (χ2v) is 10.5. The van der Waals surface area contributed by atoms with Crippen molar-refractivity contribution in [3.8, 4) is 0 Å². The maximum Gasteiger partial charge on any atom is 0.147 e. The maximum absolute atomic E-state index is 10.2. The van der Waals surface area contributed by atoms with Crippen LogP contribution in [0.15, 0.2) is 18.2 Å². The van der Waals surface area contributed by atoms with E-state index in [4.69, 9.17) is 10.7 Å². The van der Waals surface area contributed by atoms with Gasteiger partial charge >= 0.3 is 0 Å². The van der Waals surface area contributed by atoms with Crippen molar-refractivity contribution in [1.82, 2.24) is 10.3 Å². The molecule has 0 aliphatic heterocycles. The van der Waals surface area contributed by atoms with E-state index in [1.165, 1.54) is 16.5 Å². The number of hydrogen-bond acceptors (Lipinski definition) is 5. The summed E-state index contributed by atoms with van der Waals surface area (Å²) < 4.78 is 0. The van der Waals surface area contributed by atoms with Crippen molar-refractivity contribution >= 4 is 22.4 Å². The Morgan fingerprint density at radius 1 is 0.968 bits per heavy atom. The van der Waals surface area contributed by atoms with Crippen molar-refractivity contribution in [2.45, 2.75) is 97.6 Å². The Hall–Kier alpha value is -1.85. The van der Waals surface area contributed by atoms with Crippen LogP contribution in [0.1, 0.15) is 84.8 Å². The first-order valence-electron chi connectivity index (χ1n) is 11.9. The Bertz CT molecular complexity index is 834. The lowest BCUT2D eigenvalue weighted by molar-refractivity contribution is 0.0714. The Labute approximate surface area is 189 Å². The molecule has 0 saturated heterocycles. The van der Waals surface area contributed by atoms with Crippen molar-refractivity contribution < 1.29 is 5.11 Å². The van der Waals surface area contributed by atoms with Crippen LogP contribution in [-0.2, 0) is 12.8 Å². The SMILES string of the molecule is CCCCNc1cc2c(CCCCNC(C)(C)C)cc(CCC(C)(C)O)cc2nc1N. The number of rotatable bonds is 12. The molecular weight excluding hydrogens is 384 g/mol. The van der Waals surface area contributed by atoms with Gasteiger partial charge in [-0.2, -0.15) is 0 Å². The molecule has 174 valence electrons. The van der Waals surface area contributed by atoms with Crippen LogP contribution in [-0.4, -0.2) is 34.3 Å². The van der Waals surface area contributed by atoms with E-state index >= 15 is 0 Å². The van der Waals surface area contributed by atoms with E-state index < -0.39 is 5.60 Å². The van der Waals surface area contributed by atoms with Crippen LogP contribution in [0.25, 0.3) is 10.9 Å². The first-order valence-corrected chi connectivity index (χ1v) is 11.9. The zero-order valence-electron chi connectivity index (χ0n) is 20.6. The van der Waals surface area contributed by atoms with Gasteiger partial charge in [0.15, 0.2) is 0 Å². The fourth-order valence-corrected chi connectivity index (χ4v) is 3.68. The number of nitrogens with two attached hydrogens (primary N) is 1. The van der Waals surface area contributed by atoms with Crippen molar-refractivity contribution in [2.24, 2.45) is 0 Å². The summed E-state index contributed by atoms with van der Waals surface area (Å²) in [6.45, 7) is 14.5. The normalized spacial score (nSPS) is 12.5. The average molecular weight is 429 g/mol. The van der Waals surface area contributed by atoms with Gasteiger partial charge in [-0.05, 0) is 103 Å². The highest BCUT2D eigenvalue weighted by Gasteiger charge is 2.15. The molecule has 0 unspecified atom stereocenters. The Kier molecular flexibility index (Phi) is 9.14. The number of nitrogens with one attached hydrogen (secondary N) is 2. The molecule has 0 spiro atoms. The molecule has 0 amide bonds. The Morgan fingerprint density at radius 3 is 2.35 bits per heavy atom. The minimum Gasteiger partial charge on any atom is -0.390 e. The average Bonchev–Trinajstić information content (AvgIpc) is 2.65. The molecule has 0 atom stereocenters. The van der Waals surface area contributed by atoms with E-state index in [1.807, 2.05) is 13.8 Å². The van der Waals surface area contributed by atoms with Crippen LogP contribution in [0.4, 0.5) is 11.5 Å². The summed E-state index contributed by atoms with van der Waals surface area (Å²) in [4.78, 5) is 4.74. The zero-order valence-corrected chi connectivity index (χ0v) is 20.6. The van der Waals surface area contributed by atoms with Gasteiger partial charge in [0, 0.05) is 17.5 Å². The van der Waals surface area contributed by atoms with Gasteiger partial charge in [0.2, 0.25) is 0 Å². The number of aliphatic hydroxyl groups is 1. The molecule has 5 N–H and O–H groups in total. The number of nitrogens with zero attached hydrogens (tertiary/aromatic N) is 1. The summed E-state index contributed by atoms with van der Waals surface area (Å²) in [6.07, 6.45) is 7.08. The lowest BCUT2D eigenvalue weighted by Crippen LogP contribution is -2.36. The third kappa shape index (κ3) is 9.04. The lowest BCUT2D eigenvalue weighted by atomic mass is 9.94. The van der Waals surface area contributed by atoms with E-state index in [0.717, 1.165) is 69.2 Å². The second-order valence-electron chi connectivity index (χ2n) is 10.5. The quantitative estimate of drug-likeness (QED) is 0.338. The fourth-order valence-electron chi connectivity index (χ4n) is 3.68. The predicted molar refractivity (Wildman–Crippen MR) is 135 cm³/mol. The van der Waals surface area contributed by atoms with Crippen LogP contribution in [0.2, 0.25) is 0 Å². The van der Waals surface area contributed by atoms with Crippen LogP contribution >= 0.6 is 0 Å². The number of nitrogen functional groups attached to an aromatic ring is 1.